The van der Waals surface area contributed by atoms with Gasteiger partial charge in [0.2, 0.25) is 0 Å². The highest BCUT2D eigenvalue weighted by Crippen LogP contribution is 2.30. The van der Waals surface area contributed by atoms with Gasteiger partial charge in [0.05, 0.1) is 27.9 Å². The Morgan fingerprint density at radius 1 is 0.914 bits per heavy atom. The van der Waals surface area contributed by atoms with Gasteiger partial charge in [-0.2, -0.15) is 5.10 Å². The van der Waals surface area contributed by atoms with Crippen LogP contribution in [0.15, 0.2) is 59.7 Å². The third kappa shape index (κ3) is 7.58. The molecule has 0 aromatic heterocycles. The molecule has 0 aliphatic heterocycles. The molecule has 2 amide bonds. The Hall–Kier alpha value is -3.33. The molecule has 2 N–H and O–H groups in total. The van der Waals surface area contributed by atoms with Gasteiger partial charge in [0.1, 0.15) is 12.4 Å². The summed E-state index contributed by atoms with van der Waals surface area (Å²) < 4.78 is 24.6. The maximum Gasteiger partial charge on any atom is 0.329 e. The van der Waals surface area contributed by atoms with Crippen LogP contribution in [-0.4, -0.2) is 24.6 Å². The van der Waals surface area contributed by atoms with E-state index in [2.05, 4.69) is 15.8 Å². The minimum atomic E-state index is -0.978. The molecule has 0 atom stereocenters. The fraction of sp³-hybridized carbons (Fsp3) is 0.125. The molecule has 0 radical (unpaired) electrons. The second kappa shape index (κ2) is 12.4. The first-order valence-electron chi connectivity index (χ1n) is 10.2. The van der Waals surface area contributed by atoms with Crippen molar-refractivity contribution in [1.82, 2.24) is 5.43 Å². The third-order valence-electron chi connectivity index (χ3n) is 4.43. The van der Waals surface area contributed by atoms with Crippen LogP contribution in [0.5, 0.6) is 11.5 Å². The lowest BCUT2D eigenvalue weighted by atomic mass is 10.2. The minimum absolute atomic E-state index is 0.108. The number of hydrogen-bond acceptors (Lipinski definition) is 5. The summed E-state index contributed by atoms with van der Waals surface area (Å²) in [5, 5.41) is 7.00. The number of ether oxygens (including phenoxy) is 2. The Morgan fingerprint density at radius 3 is 2.43 bits per heavy atom. The van der Waals surface area contributed by atoms with Gasteiger partial charge in [0.25, 0.3) is 0 Å². The van der Waals surface area contributed by atoms with Crippen molar-refractivity contribution in [2.45, 2.75) is 13.5 Å². The summed E-state index contributed by atoms with van der Waals surface area (Å²) in [7, 11) is 0. The van der Waals surface area contributed by atoms with Crippen molar-refractivity contribution in [3.05, 3.63) is 86.6 Å². The highest BCUT2D eigenvalue weighted by Gasteiger charge is 2.14. The number of carbonyl (C=O) groups is 2. The molecule has 3 aromatic rings. The first-order valence-corrected chi connectivity index (χ1v) is 11.3. The normalized spacial score (nSPS) is 10.8. The molecule has 0 unspecified atom stereocenters. The van der Waals surface area contributed by atoms with Crippen LogP contribution in [-0.2, 0) is 16.2 Å². The molecule has 0 saturated carbocycles. The number of rotatable bonds is 8. The van der Waals surface area contributed by atoms with E-state index in [9.17, 15) is 14.0 Å². The van der Waals surface area contributed by atoms with Crippen LogP contribution < -0.4 is 20.2 Å². The summed E-state index contributed by atoms with van der Waals surface area (Å²) in [6.07, 6.45) is 1.34. The average Bonchev–Trinajstić information content (AvgIpc) is 2.82. The molecule has 0 saturated heterocycles. The molecule has 35 heavy (non-hydrogen) atoms. The second-order valence-corrected chi connectivity index (χ2v) is 8.17. The lowest BCUT2D eigenvalue weighted by molar-refractivity contribution is -0.136. The van der Waals surface area contributed by atoms with E-state index >= 15 is 0 Å². The van der Waals surface area contributed by atoms with Gasteiger partial charge in [0, 0.05) is 11.3 Å². The highest BCUT2D eigenvalue weighted by molar-refractivity contribution is 6.43. The molecule has 0 heterocycles. The first-order chi connectivity index (χ1) is 16.8. The Morgan fingerprint density at radius 2 is 1.71 bits per heavy atom. The van der Waals surface area contributed by atoms with Crippen LogP contribution in [0.1, 0.15) is 18.1 Å². The van der Waals surface area contributed by atoms with E-state index in [0.717, 1.165) is 0 Å². The predicted octanol–water partition coefficient (Wildman–Crippen LogP) is 5.85. The van der Waals surface area contributed by atoms with Crippen LogP contribution in [0, 0.1) is 5.82 Å². The summed E-state index contributed by atoms with van der Waals surface area (Å²) >= 11 is 17.8. The zero-order valence-electron chi connectivity index (χ0n) is 18.3. The summed E-state index contributed by atoms with van der Waals surface area (Å²) in [5.74, 6) is -1.48. The molecular formula is C24H19Cl3FN3O4. The van der Waals surface area contributed by atoms with E-state index in [-0.39, 0.29) is 16.7 Å². The zero-order chi connectivity index (χ0) is 25.4. The molecular weight excluding hydrogens is 520 g/mol. The van der Waals surface area contributed by atoms with Gasteiger partial charge in [-0.15, -0.1) is 0 Å². The van der Waals surface area contributed by atoms with Crippen molar-refractivity contribution in [3.63, 3.8) is 0 Å². The van der Waals surface area contributed by atoms with Gasteiger partial charge in [-0.25, -0.2) is 9.82 Å². The smallest absolute Gasteiger partial charge is 0.329 e. The van der Waals surface area contributed by atoms with Crippen LogP contribution in [0.4, 0.5) is 10.1 Å². The Labute approximate surface area is 215 Å². The Balaban J connectivity index is 1.61. The SMILES string of the molecule is CCOc1cc(/C=N/NC(=O)C(=O)Nc2ccc(Cl)c(Cl)c2)ccc1OCc1ccc(F)cc1Cl. The number of anilines is 1. The maximum atomic E-state index is 13.2. The second-order valence-electron chi connectivity index (χ2n) is 6.95. The molecule has 11 heteroatoms. The van der Waals surface area contributed by atoms with Gasteiger partial charge >= 0.3 is 11.8 Å². The topological polar surface area (TPSA) is 89.0 Å². The Kier molecular flexibility index (Phi) is 9.31. The van der Waals surface area contributed by atoms with Crippen molar-refractivity contribution in [1.29, 1.82) is 0 Å². The molecule has 0 bridgehead atoms. The van der Waals surface area contributed by atoms with Crippen molar-refractivity contribution in [2.75, 3.05) is 11.9 Å². The van der Waals surface area contributed by atoms with Crippen LogP contribution in [0.3, 0.4) is 0 Å². The molecule has 0 aliphatic rings. The number of benzene rings is 3. The van der Waals surface area contributed by atoms with E-state index in [4.69, 9.17) is 44.3 Å². The van der Waals surface area contributed by atoms with Gasteiger partial charge in [0.15, 0.2) is 11.5 Å². The fourth-order valence-electron chi connectivity index (χ4n) is 2.76. The van der Waals surface area contributed by atoms with Crippen LogP contribution in [0.2, 0.25) is 15.1 Å². The van der Waals surface area contributed by atoms with Crippen LogP contribution in [0.25, 0.3) is 0 Å². The molecule has 0 aliphatic carbocycles. The molecule has 3 rings (SSSR count). The monoisotopic (exact) mass is 537 g/mol. The van der Waals surface area contributed by atoms with E-state index in [1.165, 1.54) is 36.5 Å². The maximum absolute atomic E-state index is 13.2. The van der Waals surface area contributed by atoms with Gasteiger partial charge in [-0.05, 0) is 61.0 Å². The number of hydrogen-bond donors (Lipinski definition) is 2. The lowest BCUT2D eigenvalue weighted by Gasteiger charge is -2.13. The highest BCUT2D eigenvalue weighted by atomic mass is 35.5. The van der Waals surface area contributed by atoms with E-state index < -0.39 is 17.6 Å². The summed E-state index contributed by atoms with van der Waals surface area (Å²) in [6.45, 7) is 2.30. The molecule has 3 aromatic carbocycles. The van der Waals surface area contributed by atoms with Gasteiger partial charge in [-0.3, -0.25) is 9.59 Å². The zero-order valence-corrected chi connectivity index (χ0v) is 20.5. The lowest BCUT2D eigenvalue weighted by Crippen LogP contribution is -2.32. The summed E-state index contributed by atoms with van der Waals surface area (Å²) in [4.78, 5) is 24.0. The van der Waals surface area contributed by atoms with E-state index in [1.807, 2.05) is 6.92 Å². The first kappa shape index (κ1) is 26.3. The number of nitrogens with one attached hydrogen (secondary N) is 2. The number of amides is 2. The van der Waals surface area contributed by atoms with Crippen molar-refractivity contribution >= 4 is 58.5 Å². The van der Waals surface area contributed by atoms with E-state index in [1.54, 1.807) is 24.3 Å². The molecule has 182 valence electrons. The standard InChI is InChI=1S/C24H19Cl3FN3O4/c1-2-34-22-9-14(3-8-21(22)35-13-15-4-5-16(28)10-19(15)26)12-29-31-24(33)23(32)30-17-6-7-18(25)20(27)11-17/h3-12H,2,13H2,1H3,(H,30,32)(H,31,33)/b29-12+. The number of nitrogens with zero attached hydrogens (tertiary/aromatic N) is 1. The minimum Gasteiger partial charge on any atom is -0.490 e. The van der Waals surface area contributed by atoms with Crippen molar-refractivity contribution in [3.8, 4) is 11.5 Å². The number of hydrazone groups is 1. The molecule has 0 fully saturated rings. The predicted molar refractivity (Wildman–Crippen MR) is 134 cm³/mol. The molecule has 0 spiro atoms. The molecule has 7 nitrogen and oxygen atoms in total. The van der Waals surface area contributed by atoms with E-state index in [0.29, 0.717) is 39.9 Å². The largest absolute Gasteiger partial charge is 0.490 e. The summed E-state index contributed by atoms with van der Waals surface area (Å²) in [5.41, 5.74) is 3.64. The third-order valence-corrected chi connectivity index (χ3v) is 5.52. The summed E-state index contributed by atoms with van der Waals surface area (Å²) in [6, 6.07) is 13.4. The van der Waals surface area contributed by atoms with Gasteiger partial charge < -0.3 is 14.8 Å². The number of carbonyl (C=O) groups excluding carboxylic acids is 2. The van der Waals surface area contributed by atoms with Crippen LogP contribution >= 0.6 is 34.8 Å². The van der Waals surface area contributed by atoms with Crippen molar-refractivity contribution < 1.29 is 23.5 Å². The number of halogens is 4. The average molecular weight is 539 g/mol. The quantitative estimate of drug-likeness (QED) is 0.214. The Bertz CT molecular complexity index is 1270. The van der Waals surface area contributed by atoms with Gasteiger partial charge in [-0.1, -0.05) is 40.9 Å². The van der Waals surface area contributed by atoms with Crippen molar-refractivity contribution in [2.24, 2.45) is 5.10 Å². The fourth-order valence-corrected chi connectivity index (χ4v) is 3.28.